The summed E-state index contributed by atoms with van der Waals surface area (Å²) in [4.78, 5) is 24.9. The maximum Gasteiger partial charge on any atom is 0.255 e. The summed E-state index contributed by atoms with van der Waals surface area (Å²) < 4.78 is 5.72. The largest absolute Gasteiger partial charge is 0.494 e. The Kier molecular flexibility index (Phi) is 8.23. The molecule has 0 saturated heterocycles. The third kappa shape index (κ3) is 7.00. The van der Waals surface area contributed by atoms with E-state index < -0.39 is 0 Å². The molecule has 0 unspecified atom stereocenters. The Hall–Kier alpha value is -3.60. The van der Waals surface area contributed by atoms with Crippen molar-refractivity contribution in [1.82, 2.24) is 0 Å². The van der Waals surface area contributed by atoms with Crippen LogP contribution < -0.4 is 15.4 Å². The zero-order chi connectivity index (χ0) is 21.9. The van der Waals surface area contributed by atoms with E-state index in [-0.39, 0.29) is 11.8 Å². The molecule has 0 atom stereocenters. The van der Waals surface area contributed by atoms with Crippen LogP contribution in [0.1, 0.15) is 53.3 Å². The molecule has 2 N–H and O–H groups in total. The highest BCUT2D eigenvalue weighted by molar-refractivity contribution is 6.06. The van der Waals surface area contributed by atoms with E-state index in [9.17, 15) is 9.59 Å². The van der Waals surface area contributed by atoms with Crippen LogP contribution in [0.15, 0.2) is 78.9 Å². The van der Waals surface area contributed by atoms with Gasteiger partial charge in [-0.25, -0.2) is 0 Å². The Morgan fingerprint density at radius 1 is 0.710 bits per heavy atom. The molecule has 0 aliphatic rings. The molecule has 0 fully saturated rings. The van der Waals surface area contributed by atoms with Gasteiger partial charge in [0.1, 0.15) is 5.75 Å². The van der Waals surface area contributed by atoms with Crippen LogP contribution in [0.3, 0.4) is 0 Å². The van der Waals surface area contributed by atoms with Gasteiger partial charge in [-0.3, -0.25) is 9.59 Å². The molecule has 5 nitrogen and oxygen atoms in total. The second-order valence-corrected chi connectivity index (χ2v) is 7.29. The molecular formula is C26H28N2O3. The van der Waals surface area contributed by atoms with Gasteiger partial charge in [0.2, 0.25) is 0 Å². The molecule has 0 aliphatic heterocycles. The standard InChI is InChI=1S/C26H28N2O3/c1-2-3-4-8-18-31-24-16-14-21(15-17-24)26(30)28-23-13-9-12-22(19-23)27-25(29)20-10-6-5-7-11-20/h5-7,9-17,19H,2-4,8,18H2,1H3,(H,27,29)(H,28,30). The maximum atomic E-state index is 12.6. The molecule has 31 heavy (non-hydrogen) atoms. The van der Waals surface area contributed by atoms with Gasteiger partial charge in [-0.1, -0.05) is 50.5 Å². The van der Waals surface area contributed by atoms with E-state index in [1.807, 2.05) is 30.3 Å². The third-order valence-corrected chi connectivity index (χ3v) is 4.80. The number of amides is 2. The lowest BCUT2D eigenvalue weighted by atomic mass is 10.2. The lowest BCUT2D eigenvalue weighted by molar-refractivity contribution is 0.101. The summed E-state index contributed by atoms with van der Waals surface area (Å²) in [6, 6.07) is 23.2. The molecule has 5 heteroatoms. The van der Waals surface area contributed by atoms with Crippen LogP contribution in [0.4, 0.5) is 11.4 Å². The Balaban J connectivity index is 1.54. The van der Waals surface area contributed by atoms with Gasteiger partial charge < -0.3 is 15.4 Å². The topological polar surface area (TPSA) is 67.4 Å². The molecule has 0 saturated carbocycles. The Morgan fingerprint density at radius 3 is 1.94 bits per heavy atom. The highest BCUT2D eigenvalue weighted by atomic mass is 16.5. The Labute approximate surface area is 183 Å². The lowest BCUT2D eigenvalue weighted by Crippen LogP contribution is -2.14. The van der Waals surface area contributed by atoms with Crippen LogP contribution in [-0.4, -0.2) is 18.4 Å². The summed E-state index contributed by atoms with van der Waals surface area (Å²) in [6.45, 7) is 2.87. The predicted octanol–water partition coefficient (Wildman–Crippen LogP) is 6.15. The highest BCUT2D eigenvalue weighted by Gasteiger charge is 2.09. The van der Waals surface area contributed by atoms with Crippen LogP contribution in [0.2, 0.25) is 0 Å². The number of anilines is 2. The molecule has 3 rings (SSSR count). The van der Waals surface area contributed by atoms with Crippen LogP contribution in [-0.2, 0) is 0 Å². The van der Waals surface area contributed by atoms with Crippen LogP contribution >= 0.6 is 0 Å². The highest BCUT2D eigenvalue weighted by Crippen LogP contribution is 2.18. The monoisotopic (exact) mass is 416 g/mol. The fraction of sp³-hybridized carbons (Fsp3) is 0.231. The van der Waals surface area contributed by atoms with Crippen molar-refractivity contribution in [3.05, 3.63) is 90.0 Å². The minimum Gasteiger partial charge on any atom is -0.494 e. The van der Waals surface area contributed by atoms with Crippen molar-refractivity contribution in [3.63, 3.8) is 0 Å². The predicted molar refractivity (Wildman–Crippen MR) is 125 cm³/mol. The molecule has 0 aliphatic carbocycles. The molecule has 3 aromatic carbocycles. The number of hydrogen-bond acceptors (Lipinski definition) is 3. The average Bonchev–Trinajstić information content (AvgIpc) is 2.80. The minimum absolute atomic E-state index is 0.200. The van der Waals surface area contributed by atoms with Crippen molar-refractivity contribution in [2.75, 3.05) is 17.2 Å². The SMILES string of the molecule is CCCCCCOc1ccc(C(=O)Nc2cccc(NC(=O)c3ccccc3)c2)cc1. The zero-order valence-corrected chi connectivity index (χ0v) is 17.8. The summed E-state index contributed by atoms with van der Waals surface area (Å²) in [7, 11) is 0. The molecule has 0 aromatic heterocycles. The molecule has 0 radical (unpaired) electrons. The van der Waals surface area contributed by atoms with E-state index >= 15 is 0 Å². The van der Waals surface area contributed by atoms with Crippen molar-refractivity contribution in [2.24, 2.45) is 0 Å². The van der Waals surface area contributed by atoms with Crippen molar-refractivity contribution in [1.29, 1.82) is 0 Å². The van der Waals surface area contributed by atoms with Crippen LogP contribution in [0.25, 0.3) is 0 Å². The van der Waals surface area contributed by atoms with Crippen LogP contribution in [0.5, 0.6) is 5.75 Å². The van der Waals surface area contributed by atoms with Gasteiger partial charge in [-0.05, 0) is 61.0 Å². The third-order valence-electron chi connectivity index (χ3n) is 4.80. The van der Waals surface area contributed by atoms with Gasteiger partial charge >= 0.3 is 0 Å². The lowest BCUT2D eigenvalue weighted by Gasteiger charge is -2.10. The summed E-state index contributed by atoms with van der Waals surface area (Å²) in [5.41, 5.74) is 2.33. The molecule has 0 bridgehead atoms. The van der Waals surface area contributed by atoms with Crippen molar-refractivity contribution in [3.8, 4) is 5.75 Å². The van der Waals surface area contributed by atoms with E-state index in [0.29, 0.717) is 29.1 Å². The van der Waals surface area contributed by atoms with Gasteiger partial charge in [0.25, 0.3) is 11.8 Å². The smallest absolute Gasteiger partial charge is 0.255 e. The number of carbonyl (C=O) groups excluding carboxylic acids is 2. The zero-order valence-electron chi connectivity index (χ0n) is 17.8. The molecule has 3 aromatic rings. The average molecular weight is 417 g/mol. The van der Waals surface area contributed by atoms with Gasteiger partial charge in [0.05, 0.1) is 6.61 Å². The van der Waals surface area contributed by atoms with Crippen LogP contribution in [0, 0.1) is 0 Å². The van der Waals surface area contributed by atoms with E-state index in [4.69, 9.17) is 4.74 Å². The van der Waals surface area contributed by atoms with Gasteiger partial charge in [0, 0.05) is 22.5 Å². The van der Waals surface area contributed by atoms with Gasteiger partial charge in [0.15, 0.2) is 0 Å². The van der Waals surface area contributed by atoms with E-state index in [1.54, 1.807) is 48.5 Å². The summed E-state index contributed by atoms with van der Waals surface area (Å²) in [5, 5.41) is 5.71. The quantitative estimate of drug-likeness (QED) is 0.390. The van der Waals surface area contributed by atoms with Gasteiger partial charge in [-0.2, -0.15) is 0 Å². The molecule has 2 amide bonds. The number of ether oxygens (including phenoxy) is 1. The molecular weight excluding hydrogens is 388 g/mol. The number of carbonyl (C=O) groups is 2. The Morgan fingerprint density at radius 2 is 1.32 bits per heavy atom. The maximum absolute atomic E-state index is 12.6. The minimum atomic E-state index is -0.221. The molecule has 160 valence electrons. The summed E-state index contributed by atoms with van der Waals surface area (Å²) >= 11 is 0. The fourth-order valence-corrected chi connectivity index (χ4v) is 3.09. The first-order valence-corrected chi connectivity index (χ1v) is 10.7. The second-order valence-electron chi connectivity index (χ2n) is 7.29. The number of nitrogens with one attached hydrogen (secondary N) is 2. The summed E-state index contributed by atoms with van der Waals surface area (Å²) in [5.74, 6) is 0.342. The van der Waals surface area contributed by atoms with E-state index in [0.717, 1.165) is 12.2 Å². The van der Waals surface area contributed by atoms with Crippen molar-refractivity contribution in [2.45, 2.75) is 32.6 Å². The molecule has 0 heterocycles. The summed E-state index contributed by atoms with van der Waals surface area (Å²) in [6.07, 6.45) is 4.63. The molecule has 0 spiro atoms. The van der Waals surface area contributed by atoms with Gasteiger partial charge in [-0.15, -0.1) is 0 Å². The first-order chi connectivity index (χ1) is 15.2. The van der Waals surface area contributed by atoms with E-state index in [2.05, 4.69) is 17.6 Å². The van der Waals surface area contributed by atoms with Crippen molar-refractivity contribution < 1.29 is 14.3 Å². The Bertz CT molecular complexity index is 985. The number of unbranched alkanes of at least 4 members (excludes halogenated alkanes) is 3. The van der Waals surface area contributed by atoms with E-state index in [1.165, 1.54) is 19.3 Å². The fourth-order valence-electron chi connectivity index (χ4n) is 3.09. The number of benzene rings is 3. The number of hydrogen-bond donors (Lipinski definition) is 2. The first kappa shape index (κ1) is 22.1. The second kappa shape index (κ2) is 11.6. The number of rotatable bonds is 10. The normalized spacial score (nSPS) is 10.4. The first-order valence-electron chi connectivity index (χ1n) is 10.7. The van der Waals surface area contributed by atoms with Crippen molar-refractivity contribution >= 4 is 23.2 Å².